The molecule has 0 aliphatic heterocycles. The molecule has 0 aliphatic rings. The highest BCUT2D eigenvalue weighted by molar-refractivity contribution is 6.14. The van der Waals surface area contributed by atoms with Crippen molar-refractivity contribution in [2.75, 3.05) is 16.4 Å². The number of aromatic nitrogens is 2. The standard InChI is InChI=1S/C24H18F3N5O2/c1-13-5-6-14(22(33)32-20-12-15(7-9-29-20)24(25,26)27)11-19(13)31-23(34)18-4-2-3-17-16(18)8-10-30-21(17)28/h2-12H,1H3,(H2,28,30)(H,31,34)(H,29,32,33). The Kier molecular flexibility index (Phi) is 5.89. The van der Waals surface area contributed by atoms with Crippen molar-refractivity contribution in [3.8, 4) is 0 Å². The van der Waals surface area contributed by atoms with Crippen LogP contribution in [0.2, 0.25) is 0 Å². The number of fused-ring (bicyclic) bond motifs is 1. The molecule has 0 unspecified atom stereocenters. The molecule has 0 saturated heterocycles. The topological polar surface area (TPSA) is 110 Å². The number of rotatable bonds is 4. The predicted octanol–water partition coefficient (Wildman–Crippen LogP) is 5.04. The fourth-order valence-corrected chi connectivity index (χ4v) is 3.38. The Morgan fingerprint density at radius 2 is 1.65 bits per heavy atom. The molecule has 7 nitrogen and oxygen atoms in total. The third-order valence-corrected chi connectivity index (χ3v) is 5.16. The number of benzene rings is 2. The van der Waals surface area contributed by atoms with Crippen LogP contribution in [0.15, 0.2) is 67.0 Å². The van der Waals surface area contributed by atoms with Crippen molar-refractivity contribution in [2.24, 2.45) is 0 Å². The highest BCUT2D eigenvalue weighted by atomic mass is 19.4. The number of hydrogen-bond acceptors (Lipinski definition) is 5. The van der Waals surface area contributed by atoms with E-state index in [0.29, 0.717) is 33.4 Å². The van der Waals surface area contributed by atoms with Crippen LogP contribution in [-0.4, -0.2) is 21.8 Å². The smallest absolute Gasteiger partial charge is 0.383 e. The number of aryl methyl sites for hydroxylation is 1. The first kappa shape index (κ1) is 22.7. The van der Waals surface area contributed by atoms with E-state index in [1.165, 1.54) is 18.3 Å². The van der Waals surface area contributed by atoms with Gasteiger partial charge in [-0.25, -0.2) is 9.97 Å². The molecule has 2 amide bonds. The van der Waals surface area contributed by atoms with Crippen LogP contribution in [0.3, 0.4) is 0 Å². The highest BCUT2D eigenvalue weighted by Gasteiger charge is 2.31. The molecule has 172 valence electrons. The number of nitrogens with zero attached hydrogens (tertiary/aromatic N) is 2. The number of nitrogens with one attached hydrogen (secondary N) is 2. The van der Waals surface area contributed by atoms with Crippen molar-refractivity contribution >= 4 is 39.9 Å². The third kappa shape index (κ3) is 4.65. The van der Waals surface area contributed by atoms with Crippen molar-refractivity contribution in [1.29, 1.82) is 0 Å². The molecule has 0 aliphatic carbocycles. The van der Waals surface area contributed by atoms with Crippen LogP contribution in [0, 0.1) is 6.92 Å². The molecule has 4 aromatic rings. The lowest BCUT2D eigenvalue weighted by Gasteiger charge is -2.13. The number of anilines is 3. The predicted molar refractivity (Wildman–Crippen MR) is 122 cm³/mol. The third-order valence-electron chi connectivity index (χ3n) is 5.16. The zero-order chi connectivity index (χ0) is 24.5. The van der Waals surface area contributed by atoms with Crippen molar-refractivity contribution in [2.45, 2.75) is 13.1 Å². The fourth-order valence-electron chi connectivity index (χ4n) is 3.38. The molecule has 2 aromatic heterocycles. The highest BCUT2D eigenvalue weighted by Crippen LogP contribution is 2.30. The maximum absolute atomic E-state index is 13.0. The Morgan fingerprint density at radius 1 is 0.882 bits per heavy atom. The molecule has 0 atom stereocenters. The Bertz CT molecular complexity index is 1420. The van der Waals surface area contributed by atoms with E-state index in [1.54, 1.807) is 37.3 Å². The van der Waals surface area contributed by atoms with E-state index in [0.717, 1.165) is 18.3 Å². The summed E-state index contributed by atoms with van der Waals surface area (Å²) in [5, 5.41) is 6.38. The first-order valence-corrected chi connectivity index (χ1v) is 10.0. The SMILES string of the molecule is Cc1ccc(C(=O)Nc2cc(C(F)(F)F)ccn2)cc1NC(=O)c1cccc2c(N)nccc12. The molecule has 0 fully saturated rings. The number of carbonyl (C=O) groups excluding carboxylic acids is 2. The summed E-state index contributed by atoms with van der Waals surface area (Å²) in [5.74, 6) is -1.04. The summed E-state index contributed by atoms with van der Waals surface area (Å²) in [6, 6.07) is 12.9. The van der Waals surface area contributed by atoms with E-state index in [9.17, 15) is 22.8 Å². The van der Waals surface area contributed by atoms with Crippen LogP contribution >= 0.6 is 0 Å². The first-order valence-electron chi connectivity index (χ1n) is 10.0. The molecule has 2 aromatic carbocycles. The molecular weight excluding hydrogens is 447 g/mol. The molecule has 0 radical (unpaired) electrons. The summed E-state index contributed by atoms with van der Waals surface area (Å²) in [6.45, 7) is 1.75. The first-order chi connectivity index (χ1) is 16.1. The quantitative estimate of drug-likeness (QED) is 0.391. The second kappa shape index (κ2) is 8.81. The normalized spacial score (nSPS) is 11.3. The minimum absolute atomic E-state index is 0.131. The number of nitrogens with two attached hydrogens (primary N) is 1. The van der Waals surface area contributed by atoms with E-state index in [2.05, 4.69) is 20.6 Å². The van der Waals surface area contributed by atoms with E-state index in [1.807, 2.05) is 0 Å². The Morgan fingerprint density at radius 3 is 2.41 bits per heavy atom. The van der Waals surface area contributed by atoms with Crippen LogP contribution in [0.4, 0.5) is 30.5 Å². The fraction of sp³-hybridized carbons (Fsp3) is 0.0833. The summed E-state index contributed by atoms with van der Waals surface area (Å²) in [7, 11) is 0. The zero-order valence-corrected chi connectivity index (χ0v) is 17.8. The van der Waals surface area contributed by atoms with Gasteiger partial charge in [0, 0.05) is 34.6 Å². The summed E-state index contributed by atoms with van der Waals surface area (Å²) < 4.78 is 38.7. The van der Waals surface area contributed by atoms with Crippen LogP contribution in [-0.2, 0) is 6.18 Å². The lowest BCUT2D eigenvalue weighted by Crippen LogP contribution is -2.17. The summed E-state index contributed by atoms with van der Waals surface area (Å²) >= 11 is 0. The average Bonchev–Trinajstić information content (AvgIpc) is 2.80. The van der Waals surface area contributed by atoms with Gasteiger partial charge in [-0.15, -0.1) is 0 Å². The van der Waals surface area contributed by atoms with Gasteiger partial charge in [0.1, 0.15) is 11.6 Å². The van der Waals surface area contributed by atoms with Gasteiger partial charge in [0.05, 0.1) is 5.56 Å². The van der Waals surface area contributed by atoms with Gasteiger partial charge in [0.2, 0.25) is 0 Å². The summed E-state index contributed by atoms with van der Waals surface area (Å²) in [5.41, 5.74) is 6.52. The van der Waals surface area contributed by atoms with E-state index >= 15 is 0 Å². The van der Waals surface area contributed by atoms with Gasteiger partial charge in [-0.2, -0.15) is 13.2 Å². The van der Waals surface area contributed by atoms with E-state index in [-0.39, 0.29) is 11.4 Å². The molecule has 0 saturated carbocycles. The molecule has 0 bridgehead atoms. The van der Waals surface area contributed by atoms with Crippen LogP contribution in [0.1, 0.15) is 31.8 Å². The van der Waals surface area contributed by atoms with Crippen molar-refractivity contribution in [1.82, 2.24) is 9.97 Å². The van der Waals surface area contributed by atoms with Gasteiger partial charge in [-0.05, 0) is 54.3 Å². The number of halogens is 3. The van der Waals surface area contributed by atoms with Crippen LogP contribution < -0.4 is 16.4 Å². The largest absolute Gasteiger partial charge is 0.416 e. The maximum atomic E-state index is 13.0. The molecule has 10 heteroatoms. The summed E-state index contributed by atoms with van der Waals surface area (Å²) in [4.78, 5) is 33.4. The van der Waals surface area contributed by atoms with Gasteiger partial charge in [-0.1, -0.05) is 18.2 Å². The lowest BCUT2D eigenvalue weighted by molar-refractivity contribution is -0.137. The number of amides is 2. The number of nitrogen functional groups attached to an aromatic ring is 1. The number of hydrogen-bond donors (Lipinski definition) is 3. The van der Waals surface area contributed by atoms with Gasteiger partial charge < -0.3 is 16.4 Å². The number of alkyl halides is 3. The maximum Gasteiger partial charge on any atom is 0.416 e. The van der Waals surface area contributed by atoms with E-state index < -0.39 is 23.6 Å². The number of pyridine rings is 2. The van der Waals surface area contributed by atoms with E-state index in [4.69, 9.17) is 5.73 Å². The average molecular weight is 465 g/mol. The second-order valence-electron chi connectivity index (χ2n) is 7.46. The zero-order valence-electron chi connectivity index (χ0n) is 17.8. The lowest BCUT2D eigenvalue weighted by atomic mass is 10.0. The molecular formula is C24H18F3N5O2. The molecule has 34 heavy (non-hydrogen) atoms. The molecule has 4 N–H and O–H groups in total. The number of carbonyl (C=O) groups is 2. The Labute approximate surface area is 191 Å². The van der Waals surface area contributed by atoms with Crippen molar-refractivity contribution in [3.05, 3.63) is 89.2 Å². The van der Waals surface area contributed by atoms with Gasteiger partial charge in [-0.3, -0.25) is 9.59 Å². The Hall–Kier alpha value is -4.47. The Balaban J connectivity index is 1.58. The van der Waals surface area contributed by atoms with Crippen LogP contribution in [0.25, 0.3) is 10.8 Å². The van der Waals surface area contributed by atoms with Gasteiger partial charge in [0.15, 0.2) is 0 Å². The minimum atomic E-state index is -4.56. The molecule has 2 heterocycles. The summed E-state index contributed by atoms with van der Waals surface area (Å²) in [6.07, 6.45) is -2.09. The van der Waals surface area contributed by atoms with Crippen molar-refractivity contribution in [3.63, 3.8) is 0 Å². The molecule has 4 rings (SSSR count). The van der Waals surface area contributed by atoms with Crippen LogP contribution in [0.5, 0.6) is 0 Å². The minimum Gasteiger partial charge on any atom is -0.383 e. The van der Waals surface area contributed by atoms with Gasteiger partial charge in [0.25, 0.3) is 11.8 Å². The molecule has 0 spiro atoms. The monoisotopic (exact) mass is 465 g/mol. The van der Waals surface area contributed by atoms with Gasteiger partial charge >= 0.3 is 6.18 Å². The second-order valence-corrected chi connectivity index (χ2v) is 7.46. The van der Waals surface area contributed by atoms with Crippen molar-refractivity contribution < 1.29 is 22.8 Å².